The second kappa shape index (κ2) is 5.84. The summed E-state index contributed by atoms with van der Waals surface area (Å²) in [5, 5.41) is 0.0989. The Bertz CT molecular complexity index is 547. The van der Waals surface area contributed by atoms with Crippen LogP contribution < -0.4 is 11.3 Å². The Morgan fingerprint density at radius 3 is 2.83 bits per heavy atom. The van der Waals surface area contributed by atoms with Gasteiger partial charge in [-0.3, -0.25) is 5.84 Å². The van der Waals surface area contributed by atoms with E-state index in [-0.39, 0.29) is 11.1 Å². The zero-order valence-corrected chi connectivity index (χ0v) is 11.6. The molecule has 1 unspecified atom stereocenters. The van der Waals surface area contributed by atoms with Gasteiger partial charge in [0.25, 0.3) is 0 Å². The Kier molecular flexibility index (Phi) is 4.40. The number of nitrogens with two attached hydrogens (primary N) is 1. The maximum Gasteiger partial charge on any atom is 0.145 e. The standard InChI is InChI=1S/C12H11BrClFN2O/c13-8-4-5-18-12(8)10(17-16)6-7-2-1-3-9(14)11(7)15/h1-5,10,17H,6,16H2. The highest BCUT2D eigenvalue weighted by molar-refractivity contribution is 9.10. The lowest BCUT2D eigenvalue weighted by molar-refractivity contribution is 0.410. The van der Waals surface area contributed by atoms with E-state index in [9.17, 15) is 4.39 Å². The van der Waals surface area contributed by atoms with E-state index >= 15 is 0 Å². The number of hydrogen-bond donors (Lipinski definition) is 2. The Hall–Kier alpha value is -0.880. The van der Waals surface area contributed by atoms with Crippen molar-refractivity contribution in [2.75, 3.05) is 0 Å². The largest absolute Gasteiger partial charge is 0.466 e. The van der Waals surface area contributed by atoms with E-state index in [4.69, 9.17) is 21.9 Å². The van der Waals surface area contributed by atoms with E-state index in [1.807, 2.05) is 0 Å². The molecule has 3 nitrogen and oxygen atoms in total. The van der Waals surface area contributed by atoms with Gasteiger partial charge in [0.05, 0.1) is 21.8 Å². The Morgan fingerprint density at radius 1 is 1.44 bits per heavy atom. The smallest absolute Gasteiger partial charge is 0.145 e. The molecular weight excluding hydrogens is 322 g/mol. The number of benzene rings is 1. The van der Waals surface area contributed by atoms with Crippen LogP contribution in [-0.2, 0) is 6.42 Å². The van der Waals surface area contributed by atoms with Crippen LogP contribution in [0.1, 0.15) is 17.4 Å². The van der Waals surface area contributed by atoms with Gasteiger partial charge in [-0.25, -0.2) is 9.82 Å². The van der Waals surface area contributed by atoms with Crippen molar-refractivity contribution < 1.29 is 8.81 Å². The highest BCUT2D eigenvalue weighted by Gasteiger charge is 2.19. The van der Waals surface area contributed by atoms with E-state index in [0.29, 0.717) is 17.7 Å². The molecule has 0 amide bonds. The molecule has 0 saturated carbocycles. The van der Waals surface area contributed by atoms with Crippen LogP contribution >= 0.6 is 27.5 Å². The monoisotopic (exact) mass is 332 g/mol. The van der Waals surface area contributed by atoms with E-state index in [0.717, 1.165) is 4.47 Å². The fraction of sp³-hybridized carbons (Fsp3) is 0.167. The molecule has 18 heavy (non-hydrogen) atoms. The van der Waals surface area contributed by atoms with Gasteiger partial charge in [0, 0.05) is 0 Å². The first-order valence-electron chi connectivity index (χ1n) is 5.25. The molecule has 2 rings (SSSR count). The number of halogens is 3. The van der Waals surface area contributed by atoms with Crippen LogP contribution in [0.5, 0.6) is 0 Å². The van der Waals surface area contributed by atoms with Gasteiger partial charge < -0.3 is 4.42 Å². The number of hydrazine groups is 1. The summed E-state index contributed by atoms with van der Waals surface area (Å²) < 4.78 is 19.9. The fourth-order valence-corrected chi connectivity index (χ4v) is 2.38. The van der Waals surface area contributed by atoms with Crippen LogP contribution in [0, 0.1) is 5.82 Å². The number of hydrogen-bond acceptors (Lipinski definition) is 3. The van der Waals surface area contributed by atoms with Crippen molar-refractivity contribution in [1.82, 2.24) is 5.43 Å². The minimum absolute atomic E-state index is 0.0989. The van der Waals surface area contributed by atoms with Crippen LogP contribution in [-0.4, -0.2) is 0 Å². The van der Waals surface area contributed by atoms with Gasteiger partial charge in [-0.2, -0.15) is 0 Å². The molecule has 3 N–H and O–H groups in total. The molecule has 1 atom stereocenters. The first-order chi connectivity index (χ1) is 8.63. The average molecular weight is 334 g/mol. The molecule has 6 heteroatoms. The summed E-state index contributed by atoms with van der Waals surface area (Å²) in [5.41, 5.74) is 3.09. The lowest BCUT2D eigenvalue weighted by atomic mass is 10.0. The van der Waals surface area contributed by atoms with Crippen LogP contribution in [0.3, 0.4) is 0 Å². The number of furan rings is 1. The topological polar surface area (TPSA) is 51.2 Å². The van der Waals surface area contributed by atoms with Crippen molar-refractivity contribution in [2.45, 2.75) is 12.5 Å². The molecule has 96 valence electrons. The van der Waals surface area contributed by atoms with Gasteiger partial charge in [0.2, 0.25) is 0 Å². The summed E-state index contributed by atoms with van der Waals surface area (Å²) in [6.07, 6.45) is 1.88. The van der Waals surface area contributed by atoms with E-state index < -0.39 is 5.82 Å². The maximum absolute atomic E-state index is 13.8. The highest BCUT2D eigenvalue weighted by atomic mass is 79.9. The minimum atomic E-state index is -0.429. The third kappa shape index (κ3) is 2.75. The molecule has 0 spiro atoms. The number of rotatable bonds is 4. The van der Waals surface area contributed by atoms with Crippen LogP contribution in [0.4, 0.5) is 4.39 Å². The first kappa shape index (κ1) is 13.5. The molecule has 1 aromatic heterocycles. The molecule has 0 aliphatic carbocycles. The molecule has 1 aromatic carbocycles. The van der Waals surface area contributed by atoms with Gasteiger partial charge in [-0.15, -0.1) is 0 Å². The zero-order valence-electron chi connectivity index (χ0n) is 9.29. The second-order valence-corrected chi connectivity index (χ2v) is 5.03. The molecule has 2 aromatic rings. The number of nitrogens with one attached hydrogen (secondary N) is 1. The minimum Gasteiger partial charge on any atom is -0.466 e. The van der Waals surface area contributed by atoms with Gasteiger partial charge >= 0.3 is 0 Å². The van der Waals surface area contributed by atoms with Crippen molar-refractivity contribution in [1.29, 1.82) is 0 Å². The summed E-state index contributed by atoms with van der Waals surface area (Å²) >= 11 is 9.08. The van der Waals surface area contributed by atoms with Crippen LogP contribution in [0.25, 0.3) is 0 Å². The van der Waals surface area contributed by atoms with Crippen molar-refractivity contribution in [3.63, 3.8) is 0 Å². The predicted octanol–water partition coefficient (Wildman–Crippen LogP) is 3.58. The summed E-state index contributed by atoms with van der Waals surface area (Å²) in [6, 6.07) is 6.30. The molecule has 0 bridgehead atoms. The summed E-state index contributed by atoms with van der Waals surface area (Å²) in [7, 11) is 0. The fourth-order valence-electron chi connectivity index (χ4n) is 1.71. The van der Waals surface area contributed by atoms with Gasteiger partial charge in [0.1, 0.15) is 11.6 Å². The van der Waals surface area contributed by atoms with Crippen LogP contribution in [0.15, 0.2) is 39.4 Å². The molecule has 1 heterocycles. The molecule has 0 aliphatic rings. The molecular formula is C12H11BrClFN2O. The molecule has 0 radical (unpaired) electrons. The molecule has 0 fully saturated rings. The Labute approximate surface area is 117 Å². The summed E-state index contributed by atoms with van der Waals surface area (Å²) in [4.78, 5) is 0. The average Bonchev–Trinajstić information content (AvgIpc) is 2.77. The quantitative estimate of drug-likeness (QED) is 0.664. The van der Waals surface area contributed by atoms with E-state index in [2.05, 4.69) is 21.4 Å². The lowest BCUT2D eigenvalue weighted by Gasteiger charge is -2.15. The van der Waals surface area contributed by atoms with E-state index in [1.54, 1.807) is 18.2 Å². The predicted molar refractivity (Wildman–Crippen MR) is 71.6 cm³/mol. The van der Waals surface area contributed by atoms with Gasteiger partial charge in [-0.1, -0.05) is 23.7 Å². The first-order valence-corrected chi connectivity index (χ1v) is 6.42. The second-order valence-electron chi connectivity index (χ2n) is 3.77. The zero-order chi connectivity index (χ0) is 13.1. The Morgan fingerprint density at radius 2 is 2.22 bits per heavy atom. The Balaban J connectivity index is 2.26. The van der Waals surface area contributed by atoms with Crippen molar-refractivity contribution >= 4 is 27.5 Å². The van der Waals surface area contributed by atoms with Crippen molar-refractivity contribution in [3.8, 4) is 0 Å². The maximum atomic E-state index is 13.8. The van der Waals surface area contributed by atoms with Crippen molar-refractivity contribution in [3.05, 3.63) is 57.2 Å². The highest BCUT2D eigenvalue weighted by Crippen LogP contribution is 2.28. The summed E-state index contributed by atoms with van der Waals surface area (Å²) in [5.74, 6) is 5.68. The molecule has 0 saturated heterocycles. The molecule has 0 aliphatic heterocycles. The van der Waals surface area contributed by atoms with Crippen LogP contribution in [0.2, 0.25) is 5.02 Å². The lowest BCUT2D eigenvalue weighted by Crippen LogP contribution is -2.29. The van der Waals surface area contributed by atoms with Crippen molar-refractivity contribution in [2.24, 2.45) is 5.84 Å². The summed E-state index contributed by atoms with van der Waals surface area (Å²) in [6.45, 7) is 0. The SMILES string of the molecule is NNC(Cc1cccc(Cl)c1F)c1occc1Br. The van der Waals surface area contributed by atoms with Gasteiger partial charge in [-0.05, 0) is 40.0 Å². The third-order valence-corrected chi connectivity index (χ3v) is 3.57. The third-order valence-electron chi connectivity index (χ3n) is 2.62. The normalized spacial score (nSPS) is 12.7. The van der Waals surface area contributed by atoms with E-state index in [1.165, 1.54) is 12.3 Å². The van der Waals surface area contributed by atoms with Gasteiger partial charge in [0.15, 0.2) is 0 Å².